The van der Waals surface area contributed by atoms with Crippen molar-refractivity contribution in [1.29, 1.82) is 5.41 Å². The maximum absolute atomic E-state index is 12.3. The summed E-state index contributed by atoms with van der Waals surface area (Å²) in [5, 5.41) is 48.7. The van der Waals surface area contributed by atoms with Crippen molar-refractivity contribution >= 4 is 11.6 Å². The molecule has 0 aromatic carbocycles. The highest BCUT2D eigenvalue weighted by Gasteiger charge is 2.46. The van der Waals surface area contributed by atoms with E-state index in [0.29, 0.717) is 0 Å². The lowest BCUT2D eigenvalue weighted by molar-refractivity contribution is -0.185. The minimum Gasteiger partial charge on any atom is -0.394 e. The van der Waals surface area contributed by atoms with Gasteiger partial charge in [0.1, 0.15) is 30.5 Å². The van der Waals surface area contributed by atoms with E-state index in [1.54, 1.807) is 0 Å². The van der Waals surface area contributed by atoms with E-state index in [1.165, 1.54) is 17.8 Å². The second-order valence-electron chi connectivity index (χ2n) is 6.97. The summed E-state index contributed by atoms with van der Waals surface area (Å²) in [6.07, 6.45) is 0.920. The molecule has 26 heavy (non-hydrogen) atoms. The summed E-state index contributed by atoms with van der Waals surface area (Å²) < 4.78 is 6.61. The van der Waals surface area contributed by atoms with Crippen molar-refractivity contribution in [3.05, 3.63) is 11.9 Å². The molecule has 2 fully saturated rings. The molecule has 0 unspecified atom stereocenters. The van der Waals surface area contributed by atoms with Gasteiger partial charge in [-0.25, -0.2) is 4.68 Å². The van der Waals surface area contributed by atoms with E-state index in [4.69, 9.17) is 10.1 Å². The van der Waals surface area contributed by atoms with Crippen LogP contribution in [-0.2, 0) is 4.74 Å². The van der Waals surface area contributed by atoms with E-state index >= 15 is 0 Å². The molecule has 2 heterocycles. The van der Waals surface area contributed by atoms with Crippen LogP contribution in [0.5, 0.6) is 0 Å². The van der Waals surface area contributed by atoms with Gasteiger partial charge >= 0.3 is 0 Å². The number of nitrogens with one attached hydrogen (secondary N) is 2. The Hall–Kier alpha value is -1.88. The molecule has 0 spiro atoms. The summed E-state index contributed by atoms with van der Waals surface area (Å²) in [4.78, 5) is 12.3. The van der Waals surface area contributed by atoms with Crippen LogP contribution in [0.3, 0.4) is 0 Å². The summed E-state index contributed by atoms with van der Waals surface area (Å²) in [7, 11) is 0. The zero-order valence-corrected chi connectivity index (χ0v) is 14.6. The van der Waals surface area contributed by atoms with Gasteiger partial charge in [0.25, 0.3) is 5.91 Å². The normalized spacial score (nSPS) is 32.5. The van der Waals surface area contributed by atoms with Gasteiger partial charge in [0.15, 0.2) is 5.69 Å². The zero-order chi connectivity index (χ0) is 18.8. The number of nitrogens with zero attached hydrogens (tertiary/aromatic N) is 3. The van der Waals surface area contributed by atoms with Gasteiger partial charge in [0, 0.05) is 11.8 Å². The number of aliphatic hydroxyl groups excluding tert-OH is 3. The number of carbonyl (C=O) groups is 1. The van der Waals surface area contributed by atoms with Crippen molar-refractivity contribution in [3.8, 4) is 0 Å². The van der Waals surface area contributed by atoms with Gasteiger partial charge in [-0.3, -0.25) is 4.79 Å². The minimum absolute atomic E-state index is 0.0622. The van der Waals surface area contributed by atoms with Gasteiger partial charge in [-0.05, 0) is 19.8 Å². The molecular formula is C16H25N5O5. The maximum Gasteiger partial charge on any atom is 0.273 e. The molecule has 1 saturated carbocycles. The van der Waals surface area contributed by atoms with Gasteiger partial charge < -0.3 is 30.8 Å². The minimum atomic E-state index is -1.27. The van der Waals surface area contributed by atoms with Crippen LogP contribution in [0.15, 0.2) is 6.20 Å². The molecule has 0 radical (unpaired) electrons. The number of aromatic nitrogens is 3. The predicted molar refractivity (Wildman–Crippen MR) is 89.9 cm³/mol. The van der Waals surface area contributed by atoms with Crippen LogP contribution in [0.1, 0.15) is 49.1 Å². The second kappa shape index (κ2) is 7.78. The first-order valence-corrected chi connectivity index (χ1v) is 8.82. The fourth-order valence-corrected chi connectivity index (χ4v) is 3.63. The molecule has 5 atom stereocenters. The van der Waals surface area contributed by atoms with E-state index in [-0.39, 0.29) is 23.4 Å². The number of carbonyl (C=O) groups excluding carboxylic acids is 1. The molecule has 10 nitrogen and oxygen atoms in total. The first kappa shape index (κ1) is 18.9. The number of amides is 1. The van der Waals surface area contributed by atoms with Gasteiger partial charge in [0.05, 0.1) is 12.8 Å². The Balaban J connectivity index is 1.78. The molecule has 144 valence electrons. The third-order valence-electron chi connectivity index (χ3n) is 5.06. The quantitative estimate of drug-likeness (QED) is 0.419. The Bertz CT molecular complexity index is 659. The summed E-state index contributed by atoms with van der Waals surface area (Å²) in [5.74, 6) is -0.349. The number of hydrogen-bond acceptors (Lipinski definition) is 8. The fourth-order valence-electron chi connectivity index (χ4n) is 3.63. The van der Waals surface area contributed by atoms with E-state index in [9.17, 15) is 20.1 Å². The van der Waals surface area contributed by atoms with Gasteiger partial charge in [-0.2, -0.15) is 0 Å². The van der Waals surface area contributed by atoms with Crippen LogP contribution in [0.2, 0.25) is 0 Å². The molecule has 1 aromatic heterocycles. The van der Waals surface area contributed by atoms with Crippen molar-refractivity contribution in [3.63, 3.8) is 0 Å². The predicted octanol–water partition coefficient (Wildman–Crippen LogP) is -0.987. The highest BCUT2D eigenvalue weighted by atomic mass is 16.5. The lowest BCUT2D eigenvalue weighted by Gasteiger charge is -2.41. The number of ether oxygens (including phenoxy) is 1. The van der Waals surface area contributed by atoms with E-state index in [1.807, 2.05) is 0 Å². The van der Waals surface area contributed by atoms with Gasteiger partial charge in [-0.15, -0.1) is 5.10 Å². The van der Waals surface area contributed by atoms with Crippen molar-refractivity contribution in [2.45, 2.75) is 69.1 Å². The number of hydrogen-bond donors (Lipinski definition) is 5. The molecule has 0 bridgehead atoms. The van der Waals surface area contributed by atoms with Crippen molar-refractivity contribution in [1.82, 2.24) is 20.3 Å². The van der Waals surface area contributed by atoms with Gasteiger partial charge in [-0.1, -0.05) is 18.1 Å². The van der Waals surface area contributed by atoms with Crippen LogP contribution in [0.25, 0.3) is 0 Å². The van der Waals surface area contributed by atoms with E-state index in [2.05, 4.69) is 15.6 Å². The molecule has 1 aliphatic carbocycles. The molecule has 3 rings (SSSR count). The van der Waals surface area contributed by atoms with Gasteiger partial charge in [0.2, 0.25) is 0 Å². The molecule has 1 aromatic rings. The van der Waals surface area contributed by atoms with Crippen LogP contribution in [-0.4, -0.2) is 79.0 Å². The van der Waals surface area contributed by atoms with Crippen LogP contribution in [0.4, 0.5) is 0 Å². The third-order valence-corrected chi connectivity index (χ3v) is 5.06. The molecule has 2 aliphatic rings. The Kier molecular flexibility index (Phi) is 5.66. The van der Waals surface area contributed by atoms with E-state index < -0.39 is 37.1 Å². The number of aliphatic hydroxyl groups is 3. The molecule has 10 heteroatoms. The van der Waals surface area contributed by atoms with Crippen LogP contribution in [0, 0.1) is 5.41 Å². The smallest absolute Gasteiger partial charge is 0.273 e. The monoisotopic (exact) mass is 367 g/mol. The van der Waals surface area contributed by atoms with Crippen LogP contribution >= 0.6 is 0 Å². The summed E-state index contributed by atoms with van der Waals surface area (Å²) >= 11 is 0. The molecule has 1 aliphatic heterocycles. The second-order valence-corrected chi connectivity index (χ2v) is 6.97. The largest absolute Gasteiger partial charge is 0.394 e. The Labute approximate surface area is 150 Å². The summed E-state index contributed by atoms with van der Waals surface area (Å²) in [6.45, 7) is 0.997. The standard InChI is InChI=1S/C16H25N5O5/c1-8(17)15-14(24)12(13(23)11(7-22)26-15)21-6-10(19-20-21)16(25)18-9-4-2-3-5-9/h6,9,11-15,17,22-24H,2-5,7H2,1H3,(H,18,25)/t11-,12+,13+,14-,15+/m1/s1. The zero-order valence-electron chi connectivity index (χ0n) is 14.6. The Morgan fingerprint density at radius 1 is 1.38 bits per heavy atom. The van der Waals surface area contributed by atoms with Crippen LogP contribution < -0.4 is 5.32 Å². The fraction of sp³-hybridized carbons (Fsp3) is 0.750. The molecule has 5 N–H and O–H groups in total. The molecule has 1 saturated heterocycles. The first-order chi connectivity index (χ1) is 12.4. The SMILES string of the molecule is CC(=N)[C@@H]1O[C@H](CO)[C@H](O)[C@H](n2cc(C(=O)NC3CCCC3)nn2)[C@H]1O. The van der Waals surface area contributed by atoms with E-state index in [0.717, 1.165) is 25.7 Å². The molecule has 1 amide bonds. The highest BCUT2D eigenvalue weighted by Crippen LogP contribution is 2.30. The lowest BCUT2D eigenvalue weighted by Crippen LogP contribution is -2.57. The Morgan fingerprint density at radius 2 is 2.08 bits per heavy atom. The average Bonchev–Trinajstić information content (AvgIpc) is 3.27. The lowest BCUT2D eigenvalue weighted by atomic mass is 9.91. The highest BCUT2D eigenvalue weighted by molar-refractivity contribution is 5.92. The first-order valence-electron chi connectivity index (χ1n) is 8.82. The number of rotatable bonds is 5. The summed E-state index contributed by atoms with van der Waals surface area (Å²) in [5.41, 5.74) is 0.152. The maximum atomic E-state index is 12.3. The van der Waals surface area contributed by atoms with Crippen molar-refractivity contribution in [2.75, 3.05) is 6.61 Å². The average molecular weight is 367 g/mol. The van der Waals surface area contributed by atoms with Crippen molar-refractivity contribution < 1.29 is 24.9 Å². The topological polar surface area (TPSA) is 154 Å². The van der Waals surface area contributed by atoms with Crippen molar-refractivity contribution in [2.24, 2.45) is 0 Å². The third kappa shape index (κ3) is 3.63. The summed E-state index contributed by atoms with van der Waals surface area (Å²) in [6, 6.07) is -0.859. The molecular weight excluding hydrogens is 342 g/mol. The Morgan fingerprint density at radius 3 is 2.69 bits per heavy atom.